The lowest BCUT2D eigenvalue weighted by atomic mass is 10.1. The van der Waals surface area contributed by atoms with Crippen LogP contribution in [0.3, 0.4) is 0 Å². The second kappa shape index (κ2) is 9.69. The van der Waals surface area contributed by atoms with E-state index in [-0.39, 0.29) is 18.9 Å². The molecular weight excluding hydrogens is 380 g/mol. The van der Waals surface area contributed by atoms with Gasteiger partial charge in [-0.2, -0.15) is 0 Å². The number of hydrogen-bond acceptors (Lipinski definition) is 8. The Bertz CT molecular complexity index is 721. The van der Waals surface area contributed by atoms with Gasteiger partial charge in [-0.3, -0.25) is 0 Å². The topological polar surface area (TPSA) is 95.6 Å². The number of nitrogens with one attached hydrogen (secondary N) is 1. The molecule has 3 atom stereocenters. The van der Waals surface area contributed by atoms with Crippen molar-refractivity contribution in [1.29, 1.82) is 0 Å². The molecule has 1 aromatic carbocycles. The van der Waals surface area contributed by atoms with E-state index in [1.165, 1.54) is 6.92 Å². The van der Waals surface area contributed by atoms with Crippen LogP contribution in [0.5, 0.6) is 11.5 Å². The molecule has 0 spiro atoms. The lowest BCUT2D eigenvalue weighted by Gasteiger charge is -2.28. The normalized spacial score (nSPS) is 19.3. The molecule has 1 N–H and O–H groups in total. The van der Waals surface area contributed by atoms with Crippen molar-refractivity contribution in [3.63, 3.8) is 0 Å². The van der Waals surface area contributed by atoms with Gasteiger partial charge >= 0.3 is 12.2 Å². The van der Waals surface area contributed by atoms with Crippen LogP contribution < -0.4 is 14.8 Å². The highest BCUT2D eigenvalue weighted by atomic mass is 16.8. The van der Waals surface area contributed by atoms with Crippen molar-refractivity contribution in [2.24, 2.45) is 0 Å². The van der Waals surface area contributed by atoms with Crippen LogP contribution in [0.15, 0.2) is 18.2 Å². The molecule has 29 heavy (non-hydrogen) atoms. The van der Waals surface area contributed by atoms with Gasteiger partial charge in [0.05, 0.1) is 0 Å². The van der Waals surface area contributed by atoms with Crippen LogP contribution in [0, 0.1) is 0 Å². The molecular formula is C20H28N2O7. The Kier molecular flexibility index (Phi) is 7.03. The molecule has 3 unspecified atom stereocenters. The molecule has 0 bridgehead atoms. The van der Waals surface area contributed by atoms with Gasteiger partial charge in [0, 0.05) is 26.1 Å². The Balaban J connectivity index is 1.48. The summed E-state index contributed by atoms with van der Waals surface area (Å²) >= 11 is 0. The van der Waals surface area contributed by atoms with Gasteiger partial charge in [0.15, 0.2) is 11.5 Å². The first-order valence-corrected chi connectivity index (χ1v) is 9.90. The Morgan fingerprint density at radius 2 is 2.03 bits per heavy atom. The van der Waals surface area contributed by atoms with Crippen LogP contribution >= 0.6 is 0 Å². The van der Waals surface area contributed by atoms with E-state index in [4.69, 9.17) is 23.7 Å². The quantitative estimate of drug-likeness (QED) is 0.543. The van der Waals surface area contributed by atoms with Gasteiger partial charge in [0.2, 0.25) is 13.1 Å². The van der Waals surface area contributed by atoms with E-state index in [0.717, 1.165) is 24.3 Å². The average Bonchev–Trinajstić information content (AvgIpc) is 3.33. The van der Waals surface area contributed by atoms with E-state index in [9.17, 15) is 9.59 Å². The fourth-order valence-corrected chi connectivity index (χ4v) is 3.40. The number of fused-ring (bicyclic) bond motifs is 1. The summed E-state index contributed by atoms with van der Waals surface area (Å²) in [5.74, 6) is 1.43. The Morgan fingerprint density at radius 1 is 1.24 bits per heavy atom. The van der Waals surface area contributed by atoms with Crippen molar-refractivity contribution in [3.05, 3.63) is 23.8 Å². The highest BCUT2D eigenvalue weighted by molar-refractivity contribution is 5.68. The largest absolute Gasteiger partial charge is 0.511 e. The maximum Gasteiger partial charge on any atom is 0.511 e. The van der Waals surface area contributed by atoms with Crippen molar-refractivity contribution < 1.29 is 33.3 Å². The third kappa shape index (κ3) is 5.66. The number of carbonyl (C=O) groups is 2. The van der Waals surface area contributed by atoms with E-state index in [1.807, 2.05) is 32.0 Å². The SMILES string of the molecule is CCN(C(=O)OC(C)OC(=O)OC1CCNC1)C(C)Cc1ccc2c(c1)OCO2. The number of benzene rings is 1. The number of carbonyl (C=O) groups excluding carboxylic acids is 2. The second-order valence-electron chi connectivity index (χ2n) is 7.08. The summed E-state index contributed by atoms with van der Waals surface area (Å²) in [6.45, 7) is 7.36. The van der Waals surface area contributed by atoms with E-state index < -0.39 is 18.5 Å². The number of likely N-dealkylation sites (N-methyl/N-ethyl adjacent to an activating group) is 1. The molecule has 160 valence electrons. The summed E-state index contributed by atoms with van der Waals surface area (Å²) in [7, 11) is 0. The fourth-order valence-electron chi connectivity index (χ4n) is 3.40. The van der Waals surface area contributed by atoms with Crippen LogP contribution in [0.1, 0.15) is 32.8 Å². The first-order valence-electron chi connectivity index (χ1n) is 9.90. The van der Waals surface area contributed by atoms with Gasteiger partial charge in [0.25, 0.3) is 0 Å². The average molecular weight is 408 g/mol. The smallest absolute Gasteiger partial charge is 0.454 e. The summed E-state index contributed by atoms with van der Waals surface area (Å²) < 4.78 is 26.2. The number of nitrogens with zero attached hydrogens (tertiary/aromatic N) is 1. The molecule has 3 rings (SSSR count). The summed E-state index contributed by atoms with van der Waals surface area (Å²) in [6, 6.07) is 5.59. The summed E-state index contributed by atoms with van der Waals surface area (Å²) in [6.07, 6.45) is -1.29. The van der Waals surface area contributed by atoms with Crippen LogP contribution in [0.2, 0.25) is 0 Å². The summed E-state index contributed by atoms with van der Waals surface area (Å²) in [5, 5.41) is 3.09. The minimum Gasteiger partial charge on any atom is -0.454 e. The molecule has 1 aromatic rings. The zero-order chi connectivity index (χ0) is 20.8. The molecule has 2 heterocycles. The predicted octanol–water partition coefficient (Wildman–Crippen LogP) is 2.67. The van der Waals surface area contributed by atoms with Crippen LogP contribution in [-0.2, 0) is 20.6 Å². The van der Waals surface area contributed by atoms with E-state index in [0.29, 0.717) is 25.3 Å². The number of ether oxygens (including phenoxy) is 5. The molecule has 1 fully saturated rings. The molecule has 0 radical (unpaired) electrons. The molecule has 9 heteroatoms. The molecule has 9 nitrogen and oxygen atoms in total. The van der Waals surface area contributed by atoms with Crippen molar-refractivity contribution in [3.8, 4) is 11.5 Å². The van der Waals surface area contributed by atoms with Gasteiger partial charge in [-0.15, -0.1) is 0 Å². The van der Waals surface area contributed by atoms with E-state index in [2.05, 4.69) is 5.32 Å². The lowest BCUT2D eigenvalue weighted by Crippen LogP contribution is -2.41. The zero-order valence-corrected chi connectivity index (χ0v) is 17.0. The Labute approximate surface area is 170 Å². The first-order chi connectivity index (χ1) is 14.0. The fraction of sp³-hybridized carbons (Fsp3) is 0.600. The van der Waals surface area contributed by atoms with Gasteiger partial charge in [-0.05, 0) is 50.9 Å². The molecule has 1 amide bonds. The lowest BCUT2D eigenvalue weighted by molar-refractivity contribution is -0.0900. The summed E-state index contributed by atoms with van der Waals surface area (Å²) in [5.41, 5.74) is 1.02. The monoisotopic (exact) mass is 408 g/mol. The maximum atomic E-state index is 12.5. The highest BCUT2D eigenvalue weighted by Gasteiger charge is 2.26. The second-order valence-corrected chi connectivity index (χ2v) is 7.08. The van der Waals surface area contributed by atoms with Gasteiger partial charge in [-0.1, -0.05) is 6.07 Å². The highest BCUT2D eigenvalue weighted by Crippen LogP contribution is 2.33. The number of hydrogen-bond donors (Lipinski definition) is 1. The molecule has 0 aliphatic carbocycles. The number of rotatable bonds is 7. The first kappa shape index (κ1) is 21.0. The van der Waals surface area contributed by atoms with Gasteiger partial charge in [-0.25, -0.2) is 9.59 Å². The van der Waals surface area contributed by atoms with Gasteiger partial charge in [0.1, 0.15) is 6.10 Å². The Hall–Kier alpha value is -2.68. The van der Waals surface area contributed by atoms with Crippen molar-refractivity contribution in [2.45, 2.75) is 52.0 Å². The molecule has 0 saturated carbocycles. The third-order valence-corrected chi connectivity index (χ3v) is 4.88. The third-order valence-electron chi connectivity index (χ3n) is 4.88. The molecule has 2 aliphatic heterocycles. The summed E-state index contributed by atoms with van der Waals surface area (Å²) in [4.78, 5) is 25.9. The minimum atomic E-state index is -1.05. The standard InChI is InChI=1S/C20H28N2O7/c1-4-22(13(2)9-15-5-6-17-18(10-15)26-12-25-17)19(23)27-14(3)28-20(24)29-16-7-8-21-11-16/h5-6,10,13-14,16,21H,4,7-9,11-12H2,1-3H3. The van der Waals surface area contributed by atoms with Crippen LogP contribution in [0.25, 0.3) is 0 Å². The van der Waals surface area contributed by atoms with Crippen molar-refractivity contribution in [1.82, 2.24) is 10.2 Å². The predicted molar refractivity (Wildman–Crippen MR) is 103 cm³/mol. The zero-order valence-electron chi connectivity index (χ0n) is 17.0. The van der Waals surface area contributed by atoms with Gasteiger partial charge < -0.3 is 33.9 Å². The van der Waals surface area contributed by atoms with Crippen molar-refractivity contribution in [2.75, 3.05) is 26.4 Å². The van der Waals surface area contributed by atoms with Crippen LogP contribution in [0.4, 0.5) is 9.59 Å². The molecule has 2 aliphatic rings. The maximum absolute atomic E-state index is 12.5. The van der Waals surface area contributed by atoms with Crippen molar-refractivity contribution >= 4 is 12.2 Å². The Morgan fingerprint density at radius 3 is 2.76 bits per heavy atom. The minimum absolute atomic E-state index is 0.128. The molecule has 1 saturated heterocycles. The molecule has 0 aromatic heterocycles. The van der Waals surface area contributed by atoms with E-state index in [1.54, 1.807) is 4.90 Å². The van der Waals surface area contributed by atoms with Crippen LogP contribution in [-0.4, -0.2) is 62.0 Å². The van der Waals surface area contributed by atoms with E-state index >= 15 is 0 Å². The number of amides is 1.